The molecule has 1 atom stereocenters. The van der Waals surface area contributed by atoms with Crippen molar-refractivity contribution in [3.63, 3.8) is 0 Å². The molecule has 1 aliphatic rings. The van der Waals surface area contributed by atoms with E-state index in [1.807, 2.05) is 0 Å². The van der Waals surface area contributed by atoms with E-state index in [2.05, 4.69) is 12.6 Å². The third kappa shape index (κ3) is 4.04. The summed E-state index contributed by atoms with van der Waals surface area (Å²) in [5.41, 5.74) is 0. The number of alkyl halides is 2. The van der Waals surface area contributed by atoms with Gasteiger partial charge in [0, 0.05) is 32.5 Å². The number of ether oxygens (including phenoxy) is 1. The molecule has 6 heteroatoms. The lowest BCUT2D eigenvalue weighted by molar-refractivity contribution is -0.127. The molecule has 0 aromatic rings. The summed E-state index contributed by atoms with van der Waals surface area (Å²) in [6.45, 7) is 0.864. The lowest BCUT2D eigenvalue weighted by atomic mass is 9.96. The molecular formula is C9H15F2NO2S. The van der Waals surface area contributed by atoms with Crippen molar-refractivity contribution in [2.24, 2.45) is 5.92 Å². The Hall–Kier alpha value is -0.200. The predicted octanol–water partition coefficient (Wildman–Crippen LogP) is 1.05. The van der Waals surface area contributed by atoms with Gasteiger partial charge >= 0.3 is 0 Å². The maximum absolute atomic E-state index is 13.2. The van der Waals surface area contributed by atoms with Crippen molar-refractivity contribution in [3.8, 4) is 0 Å². The van der Waals surface area contributed by atoms with E-state index >= 15 is 0 Å². The van der Waals surface area contributed by atoms with Gasteiger partial charge in [0.15, 0.2) is 5.12 Å². The number of carbonyl (C=O) groups excluding carboxylic acids is 1. The van der Waals surface area contributed by atoms with Crippen molar-refractivity contribution in [2.45, 2.75) is 12.3 Å². The third-order valence-corrected chi connectivity index (χ3v) is 2.80. The Morgan fingerprint density at radius 2 is 2.33 bits per heavy atom. The second kappa shape index (κ2) is 5.23. The van der Waals surface area contributed by atoms with E-state index < -0.39 is 23.4 Å². The van der Waals surface area contributed by atoms with Gasteiger partial charge < -0.3 is 4.74 Å². The fourth-order valence-electron chi connectivity index (χ4n) is 1.75. The van der Waals surface area contributed by atoms with Crippen molar-refractivity contribution < 1.29 is 18.3 Å². The van der Waals surface area contributed by atoms with E-state index in [1.54, 1.807) is 4.90 Å². The molecule has 1 unspecified atom stereocenters. The molecule has 1 saturated heterocycles. The average molecular weight is 239 g/mol. The molecule has 15 heavy (non-hydrogen) atoms. The van der Waals surface area contributed by atoms with E-state index in [0.717, 1.165) is 0 Å². The third-order valence-electron chi connectivity index (χ3n) is 2.44. The first-order valence-electron chi connectivity index (χ1n) is 4.76. The minimum Gasteiger partial charge on any atom is -0.383 e. The lowest BCUT2D eigenvalue weighted by Crippen LogP contribution is -2.49. The molecule has 88 valence electrons. The monoisotopic (exact) mass is 239 g/mol. The van der Waals surface area contributed by atoms with E-state index in [4.69, 9.17) is 4.74 Å². The summed E-state index contributed by atoms with van der Waals surface area (Å²) in [6, 6.07) is 0. The minimum atomic E-state index is -2.80. The SMILES string of the molecule is COCCN1CC(C(=O)S)CC(F)(F)C1. The van der Waals surface area contributed by atoms with Crippen LogP contribution in [-0.4, -0.2) is 49.3 Å². The largest absolute Gasteiger partial charge is 0.383 e. The molecule has 0 aliphatic carbocycles. The Kier molecular flexibility index (Phi) is 4.48. The van der Waals surface area contributed by atoms with Crippen LogP contribution in [0.3, 0.4) is 0 Å². The van der Waals surface area contributed by atoms with Crippen molar-refractivity contribution in [3.05, 3.63) is 0 Å². The van der Waals surface area contributed by atoms with Crippen LogP contribution in [0.4, 0.5) is 8.78 Å². The van der Waals surface area contributed by atoms with Gasteiger partial charge in [-0.05, 0) is 0 Å². The second-order valence-corrected chi connectivity index (χ2v) is 4.26. The maximum Gasteiger partial charge on any atom is 0.261 e. The van der Waals surface area contributed by atoms with E-state index in [0.29, 0.717) is 19.7 Å². The number of carbonyl (C=O) groups is 1. The Bertz CT molecular complexity index is 238. The van der Waals surface area contributed by atoms with Crippen LogP contribution >= 0.6 is 12.6 Å². The van der Waals surface area contributed by atoms with Crippen LogP contribution < -0.4 is 0 Å². The van der Waals surface area contributed by atoms with E-state index in [-0.39, 0.29) is 6.54 Å². The molecule has 0 saturated carbocycles. The molecule has 0 radical (unpaired) electrons. The highest BCUT2D eigenvalue weighted by Crippen LogP contribution is 2.31. The Balaban J connectivity index is 2.55. The number of hydrogen-bond donors (Lipinski definition) is 1. The standard InChI is InChI=1S/C9H15F2NO2S/c1-14-3-2-12-5-7(8(13)15)4-9(10,11)6-12/h7H,2-6H2,1H3,(H,13,15). The summed E-state index contributed by atoms with van der Waals surface area (Å²) in [5.74, 6) is -3.47. The number of halogens is 2. The molecule has 1 fully saturated rings. The molecule has 1 rings (SSSR count). The van der Waals surface area contributed by atoms with Crippen LogP contribution in [0.1, 0.15) is 6.42 Å². The second-order valence-electron chi connectivity index (χ2n) is 3.82. The number of methoxy groups -OCH3 is 1. The summed E-state index contributed by atoms with van der Waals surface area (Å²) in [5, 5.41) is -0.461. The predicted molar refractivity (Wildman–Crippen MR) is 55.4 cm³/mol. The van der Waals surface area contributed by atoms with E-state index in [9.17, 15) is 13.6 Å². The van der Waals surface area contributed by atoms with E-state index in [1.165, 1.54) is 7.11 Å². The quantitative estimate of drug-likeness (QED) is 0.744. The number of likely N-dealkylation sites (tertiary alicyclic amines) is 1. The number of thiol groups is 1. The molecule has 0 amide bonds. The van der Waals surface area contributed by atoms with Crippen LogP contribution in [0.25, 0.3) is 0 Å². The Labute approximate surface area is 93.2 Å². The first-order chi connectivity index (χ1) is 6.94. The maximum atomic E-state index is 13.2. The van der Waals surface area contributed by atoms with Gasteiger partial charge in [0.25, 0.3) is 5.92 Å². The summed E-state index contributed by atoms with van der Waals surface area (Å²) in [4.78, 5) is 12.5. The molecule has 0 N–H and O–H groups in total. The topological polar surface area (TPSA) is 29.5 Å². The average Bonchev–Trinajstić information content (AvgIpc) is 2.12. The molecule has 1 aliphatic heterocycles. The van der Waals surface area contributed by atoms with Crippen molar-refractivity contribution in [1.82, 2.24) is 4.90 Å². The minimum absolute atomic E-state index is 0.298. The van der Waals surface area contributed by atoms with Crippen molar-refractivity contribution >= 4 is 17.7 Å². The molecule has 0 bridgehead atoms. The van der Waals surface area contributed by atoms with Gasteiger partial charge in [0.2, 0.25) is 0 Å². The fourth-order valence-corrected chi connectivity index (χ4v) is 1.92. The molecule has 0 aromatic heterocycles. The highest BCUT2D eigenvalue weighted by molar-refractivity contribution is 7.96. The van der Waals surface area contributed by atoms with Crippen molar-refractivity contribution in [2.75, 3.05) is 33.4 Å². The first-order valence-corrected chi connectivity index (χ1v) is 5.21. The van der Waals surface area contributed by atoms with Gasteiger partial charge in [-0.1, -0.05) is 0 Å². The first kappa shape index (κ1) is 12.9. The number of hydrogen-bond acceptors (Lipinski definition) is 3. The number of piperidine rings is 1. The van der Waals surface area contributed by atoms with Crippen LogP contribution in [0.2, 0.25) is 0 Å². The zero-order valence-corrected chi connectivity index (χ0v) is 9.47. The number of nitrogens with zero attached hydrogens (tertiary/aromatic N) is 1. The van der Waals surface area contributed by atoms with Crippen LogP contribution in [0.15, 0.2) is 0 Å². The summed E-state index contributed by atoms with van der Waals surface area (Å²) in [7, 11) is 1.52. The van der Waals surface area contributed by atoms with Gasteiger partial charge in [0.05, 0.1) is 13.2 Å². The van der Waals surface area contributed by atoms with Gasteiger partial charge in [-0.3, -0.25) is 9.69 Å². The molecular weight excluding hydrogens is 224 g/mol. The zero-order chi connectivity index (χ0) is 11.5. The summed E-state index contributed by atoms with van der Waals surface area (Å²) in [6.07, 6.45) is -0.390. The van der Waals surface area contributed by atoms with Gasteiger partial charge in [-0.2, -0.15) is 0 Å². The fraction of sp³-hybridized carbons (Fsp3) is 0.889. The van der Waals surface area contributed by atoms with Gasteiger partial charge in [-0.25, -0.2) is 8.78 Å². The summed E-state index contributed by atoms with van der Waals surface area (Å²) >= 11 is 3.62. The van der Waals surface area contributed by atoms with Gasteiger partial charge in [0.1, 0.15) is 0 Å². The summed E-state index contributed by atoms with van der Waals surface area (Å²) < 4.78 is 31.3. The molecule has 3 nitrogen and oxygen atoms in total. The molecule has 1 heterocycles. The highest BCUT2D eigenvalue weighted by Gasteiger charge is 2.41. The van der Waals surface area contributed by atoms with Crippen LogP contribution in [-0.2, 0) is 9.53 Å². The zero-order valence-electron chi connectivity index (χ0n) is 8.58. The smallest absolute Gasteiger partial charge is 0.261 e. The Morgan fingerprint density at radius 1 is 1.67 bits per heavy atom. The molecule has 0 spiro atoms. The van der Waals surface area contributed by atoms with Crippen molar-refractivity contribution in [1.29, 1.82) is 0 Å². The molecule has 0 aromatic carbocycles. The van der Waals surface area contributed by atoms with Crippen LogP contribution in [0, 0.1) is 5.92 Å². The van der Waals surface area contributed by atoms with Crippen LogP contribution in [0.5, 0.6) is 0 Å². The van der Waals surface area contributed by atoms with Gasteiger partial charge in [-0.15, -0.1) is 12.6 Å². The highest BCUT2D eigenvalue weighted by atomic mass is 32.1. The lowest BCUT2D eigenvalue weighted by Gasteiger charge is -2.36. The number of rotatable bonds is 4. The normalized spacial score (nSPS) is 26.5. The Morgan fingerprint density at radius 3 is 2.87 bits per heavy atom.